The number of rotatable bonds is 6. The fraction of sp³-hybridized carbons (Fsp3) is 0.667. The molecule has 1 nitrogen and oxygen atoms in total. The molecular weight excluding hydrogens is 230 g/mol. The van der Waals surface area contributed by atoms with Crippen LogP contribution in [0.4, 0.5) is 0 Å². The van der Waals surface area contributed by atoms with E-state index in [9.17, 15) is 0 Å². The van der Waals surface area contributed by atoms with Crippen LogP contribution in [0.2, 0.25) is 0 Å². The molecule has 1 saturated carbocycles. The van der Waals surface area contributed by atoms with Crippen molar-refractivity contribution in [2.24, 2.45) is 5.92 Å². The molecule has 106 valence electrons. The number of hydrogen-bond acceptors (Lipinski definition) is 1. The molecular formula is C18H29N. The average Bonchev–Trinajstić information content (AvgIpc) is 2.44. The Morgan fingerprint density at radius 2 is 2.00 bits per heavy atom. The highest BCUT2D eigenvalue weighted by Gasteiger charge is 2.22. The summed E-state index contributed by atoms with van der Waals surface area (Å²) in [6.45, 7) is 4.68. The first-order valence-corrected chi connectivity index (χ1v) is 8.10. The molecule has 0 heterocycles. The molecule has 1 heteroatoms. The molecule has 0 radical (unpaired) electrons. The predicted octanol–water partition coefficient (Wildman–Crippen LogP) is 5.09. The molecule has 0 saturated heterocycles. The molecule has 1 aromatic rings. The van der Waals surface area contributed by atoms with Gasteiger partial charge in [0.05, 0.1) is 0 Å². The normalized spacial score (nSPS) is 25.2. The third-order valence-electron chi connectivity index (χ3n) is 4.42. The van der Waals surface area contributed by atoms with E-state index in [1.54, 1.807) is 0 Å². The molecule has 1 fully saturated rings. The van der Waals surface area contributed by atoms with Gasteiger partial charge in [-0.3, -0.25) is 0 Å². The van der Waals surface area contributed by atoms with Gasteiger partial charge in [-0.05, 0) is 30.7 Å². The van der Waals surface area contributed by atoms with E-state index in [1.165, 1.54) is 50.5 Å². The van der Waals surface area contributed by atoms with Crippen LogP contribution >= 0.6 is 0 Å². The molecule has 0 spiro atoms. The maximum absolute atomic E-state index is 3.94. The van der Waals surface area contributed by atoms with Gasteiger partial charge in [0.2, 0.25) is 0 Å². The quantitative estimate of drug-likeness (QED) is 0.750. The van der Waals surface area contributed by atoms with Crippen molar-refractivity contribution in [3.8, 4) is 0 Å². The fourth-order valence-electron chi connectivity index (χ4n) is 3.31. The Labute approximate surface area is 118 Å². The average molecular weight is 259 g/mol. The van der Waals surface area contributed by atoms with Crippen LogP contribution in [0.1, 0.15) is 70.4 Å². The molecule has 1 aliphatic carbocycles. The van der Waals surface area contributed by atoms with E-state index in [1.807, 2.05) is 0 Å². The molecule has 1 aliphatic rings. The van der Waals surface area contributed by atoms with E-state index >= 15 is 0 Å². The van der Waals surface area contributed by atoms with Gasteiger partial charge >= 0.3 is 0 Å². The van der Waals surface area contributed by atoms with Crippen LogP contribution < -0.4 is 5.32 Å². The van der Waals surface area contributed by atoms with E-state index in [2.05, 4.69) is 49.5 Å². The van der Waals surface area contributed by atoms with Crippen LogP contribution in [0.5, 0.6) is 0 Å². The van der Waals surface area contributed by atoms with E-state index in [0.717, 1.165) is 12.0 Å². The van der Waals surface area contributed by atoms with Gasteiger partial charge in [0.1, 0.15) is 0 Å². The van der Waals surface area contributed by atoms with Crippen molar-refractivity contribution in [2.45, 2.75) is 70.9 Å². The van der Waals surface area contributed by atoms with Gasteiger partial charge in [0.25, 0.3) is 0 Å². The third kappa shape index (κ3) is 4.65. The van der Waals surface area contributed by atoms with Gasteiger partial charge in [-0.25, -0.2) is 0 Å². The standard InChI is InChI=1S/C18H29N/c1-3-4-13-18(16-10-6-5-7-11-16)19-17-12-8-9-15(2)14-17/h5-7,10-11,15,17-19H,3-4,8-9,12-14H2,1-2H3. The highest BCUT2D eigenvalue weighted by molar-refractivity contribution is 5.19. The van der Waals surface area contributed by atoms with E-state index in [0.29, 0.717) is 6.04 Å². The lowest BCUT2D eigenvalue weighted by molar-refractivity contribution is 0.274. The zero-order chi connectivity index (χ0) is 13.5. The van der Waals surface area contributed by atoms with Crippen molar-refractivity contribution >= 4 is 0 Å². The topological polar surface area (TPSA) is 12.0 Å². The zero-order valence-corrected chi connectivity index (χ0v) is 12.6. The number of hydrogen-bond donors (Lipinski definition) is 1. The lowest BCUT2D eigenvalue weighted by Crippen LogP contribution is -2.36. The Morgan fingerprint density at radius 1 is 1.21 bits per heavy atom. The number of nitrogens with one attached hydrogen (secondary N) is 1. The van der Waals surface area contributed by atoms with Crippen LogP contribution in [0.3, 0.4) is 0 Å². The van der Waals surface area contributed by atoms with Gasteiger partial charge in [0, 0.05) is 12.1 Å². The van der Waals surface area contributed by atoms with E-state index in [4.69, 9.17) is 0 Å². The van der Waals surface area contributed by atoms with Crippen LogP contribution in [-0.4, -0.2) is 6.04 Å². The molecule has 0 aromatic heterocycles. The lowest BCUT2D eigenvalue weighted by atomic mass is 9.86. The van der Waals surface area contributed by atoms with Gasteiger partial charge < -0.3 is 5.32 Å². The first-order valence-electron chi connectivity index (χ1n) is 8.10. The number of unbranched alkanes of at least 4 members (excludes halogenated alkanes) is 1. The summed E-state index contributed by atoms with van der Waals surface area (Å²) in [5.41, 5.74) is 1.47. The lowest BCUT2D eigenvalue weighted by Gasteiger charge is -2.31. The summed E-state index contributed by atoms with van der Waals surface area (Å²) in [7, 11) is 0. The smallest absolute Gasteiger partial charge is 0.0322 e. The summed E-state index contributed by atoms with van der Waals surface area (Å²) in [6, 6.07) is 12.3. The minimum absolute atomic E-state index is 0.552. The Morgan fingerprint density at radius 3 is 2.68 bits per heavy atom. The maximum Gasteiger partial charge on any atom is 0.0322 e. The van der Waals surface area contributed by atoms with Crippen LogP contribution in [0, 0.1) is 5.92 Å². The highest BCUT2D eigenvalue weighted by atomic mass is 15.0. The second-order valence-corrected chi connectivity index (χ2v) is 6.24. The Hall–Kier alpha value is -0.820. The van der Waals surface area contributed by atoms with E-state index in [-0.39, 0.29) is 0 Å². The SMILES string of the molecule is CCCCC(NC1CCCC(C)C1)c1ccccc1. The van der Waals surface area contributed by atoms with Crippen molar-refractivity contribution in [2.75, 3.05) is 0 Å². The summed E-state index contributed by atoms with van der Waals surface area (Å²) in [5, 5.41) is 3.94. The van der Waals surface area contributed by atoms with Crippen molar-refractivity contribution in [3.05, 3.63) is 35.9 Å². The summed E-state index contributed by atoms with van der Waals surface area (Å²) in [4.78, 5) is 0. The zero-order valence-electron chi connectivity index (χ0n) is 12.6. The summed E-state index contributed by atoms with van der Waals surface area (Å²) < 4.78 is 0. The maximum atomic E-state index is 3.94. The molecule has 0 amide bonds. The molecule has 19 heavy (non-hydrogen) atoms. The monoisotopic (exact) mass is 259 g/mol. The Bertz CT molecular complexity index is 346. The van der Waals surface area contributed by atoms with Crippen molar-refractivity contribution in [1.29, 1.82) is 0 Å². The van der Waals surface area contributed by atoms with Crippen molar-refractivity contribution in [3.63, 3.8) is 0 Å². The summed E-state index contributed by atoms with van der Waals surface area (Å²) >= 11 is 0. The second-order valence-electron chi connectivity index (χ2n) is 6.24. The largest absolute Gasteiger partial charge is 0.307 e. The summed E-state index contributed by atoms with van der Waals surface area (Å²) in [6.07, 6.45) is 9.40. The van der Waals surface area contributed by atoms with Gasteiger partial charge in [-0.15, -0.1) is 0 Å². The fourth-order valence-corrected chi connectivity index (χ4v) is 3.31. The summed E-state index contributed by atoms with van der Waals surface area (Å²) in [5.74, 6) is 0.897. The first kappa shape index (κ1) is 14.6. The molecule has 0 bridgehead atoms. The highest BCUT2D eigenvalue weighted by Crippen LogP contribution is 2.27. The number of benzene rings is 1. The third-order valence-corrected chi connectivity index (χ3v) is 4.42. The molecule has 1 aromatic carbocycles. The van der Waals surface area contributed by atoms with Crippen LogP contribution in [0.15, 0.2) is 30.3 Å². The molecule has 1 N–H and O–H groups in total. The Kier molecular flexibility index (Phi) is 5.91. The van der Waals surface area contributed by atoms with E-state index < -0.39 is 0 Å². The van der Waals surface area contributed by atoms with Gasteiger partial charge in [-0.1, -0.05) is 69.9 Å². The molecule has 2 rings (SSSR count). The first-order chi connectivity index (χ1) is 9.29. The minimum atomic E-state index is 0.552. The molecule has 0 aliphatic heterocycles. The van der Waals surface area contributed by atoms with Crippen LogP contribution in [0.25, 0.3) is 0 Å². The van der Waals surface area contributed by atoms with Crippen molar-refractivity contribution < 1.29 is 0 Å². The second kappa shape index (κ2) is 7.69. The minimum Gasteiger partial charge on any atom is -0.307 e. The van der Waals surface area contributed by atoms with Crippen LogP contribution in [-0.2, 0) is 0 Å². The van der Waals surface area contributed by atoms with Crippen molar-refractivity contribution in [1.82, 2.24) is 5.32 Å². The Balaban J connectivity index is 1.97. The molecule has 3 unspecified atom stereocenters. The molecule has 3 atom stereocenters. The van der Waals surface area contributed by atoms with Gasteiger partial charge in [-0.2, -0.15) is 0 Å². The predicted molar refractivity (Wildman–Crippen MR) is 83.3 cm³/mol. The van der Waals surface area contributed by atoms with Gasteiger partial charge in [0.15, 0.2) is 0 Å².